The SMILES string of the molecule is CCCCCCN(CCc1ccc(OCCNC(=O)OCCSC23CC4C[C@H](C2)CC(N(CC(=O)N2CCCC2C#N)C(=O)O)(C4)C3)cc1)C[C@H](O)[C@@H](O)[C@H](O)[C@H](O)CO. The summed E-state index contributed by atoms with van der Waals surface area (Å²) in [5, 5.41) is 72.3. The Balaban J connectivity index is 1.01. The van der Waals surface area contributed by atoms with Gasteiger partial charge in [-0.2, -0.15) is 17.0 Å². The predicted octanol–water partition coefficient (Wildman–Crippen LogP) is 2.97. The first-order chi connectivity index (χ1) is 28.8. The summed E-state index contributed by atoms with van der Waals surface area (Å²) >= 11 is 1.76. The Morgan fingerprint density at radius 1 is 1.00 bits per heavy atom. The molecule has 60 heavy (non-hydrogen) atoms. The number of likely N-dealkylation sites (tertiary alicyclic amines) is 1. The van der Waals surface area contributed by atoms with Gasteiger partial charge in [-0.05, 0) is 100 Å². The van der Waals surface area contributed by atoms with E-state index in [4.69, 9.17) is 14.6 Å². The molecular weight excluding hydrogens is 795 g/mol. The summed E-state index contributed by atoms with van der Waals surface area (Å²) in [5.41, 5.74) is 0.431. The zero-order chi connectivity index (χ0) is 43.3. The van der Waals surface area contributed by atoms with Crippen LogP contribution in [-0.2, 0) is 16.0 Å². The van der Waals surface area contributed by atoms with Gasteiger partial charge >= 0.3 is 12.2 Å². The molecule has 7 N–H and O–H groups in total. The number of nitriles is 1. The Labute approximate surface area is 358 Å². The van der Waals surface area contributed by atoms with Gasteiger partial charge in [0.05, 0.1) is 25.3 Å². The first kappa shape index (κ1) is 47.7. The number of hydrogen-bond donors (Lipinski definition) is 7. The highest BCUT2D eigenvalue weighted by atomic mass is 32.2. The van der Waals surface area contributed by atoms with Crippen molar-refractivity contribution in [1.29, 1.82) is 5.26 Å². The van der Waals surface area contributed by atoms with E-state index in [9.17, 15) is 45.2 Å². The average Bonchev–Trinajstić information content (AvgIpc) is 3.72. The van der Waals surface area contributed by atoms with Crippen LogP contribution in [0, 0.1) is 23.2 Å². The second-order valence-electron chi connectivity index (χ2n) is 17.4. The van der Waals surface area contributed by atoms with Crippen LogP contribution in [0.2, 0.25) is 0 Å². The highest BCUT2D eigenvalue weighted by molar-refractivity contribution is 8.00. The highest BCUT2D eigenvalue weighted by Gasteiger charge is 2.61. The summed E-state index contributed by atoms with van der Waals surface area (Å²) < 4.78 is 11.2. The van der Waals surface area contributed by atoms with Gasteiger partial charge in [0.1, 0.15) is 49.9 Å². The van der Waals surface area contributed by atoms with Gasteiger partial charge in [0.2, 0.25) is 5.91 Å². The fourth-order valence-corrected chi connectivity index (χ4v) is 12.0. The zero-order valence-electron chi connectivity index (χ0n) is 35.0. The summed E-state index contributed by atoms with van der Waals surface area (Å²) in [5.74, 6) is 1.69. The molecule has 5 fully saturated rings. The maximum atomic E-state index is 13.3. The number of ether oxygens (including phenoxy) is 2. The number of carbonyl (C=O) groups is 3. The number of benzene rings is 1. The minimum atomic E-state index is -1.66. The van der Waals surface area contributed by atoms with Crippen molar-refractivity contribution < 1.29 is 54.5 Å². The molecule has 3 amide bonds. The van der Waals surface area contributed by atoms with E-state index in [0.717, 1.165) is 69.8 Å². The molecule has 5 aliphatic rings. The summed E-state index contributed by atoms with van der Waals surface area (Å²) in [7, 11) is 0. The molecular formula is C43H67N5O11S. The molecule has 1 aromatic rings. The van der Waals surface area contributed by atoms with Crippen LogP contribution in [0.3, 0.4) is 0 Å². The van der Waals surface area contributed by atoms with Crippen molar-refractivity contribution in [3.63, 3.8) is 0 Å². The first-order valence-electron chi connectivity index (χ1n) is 21.8. The van der Waals surface area contributed by atoms with E-state index < -0.39 is 54.8 Å². The molecule has 1 aromatic carbocycles. The number of alkyl carbamates (subject to hydrolysis) is 1. The van der Waals surface area contributed by atoms with Crippen LogP contribution >= 0.6 is 11.8 Å². The fourth-order valence-electron chi connectivity index (χ4n) is 10.3. The lowest BCUT2D eigenvalue weighted by Gasteiger charge is -2.64. The van der Waals surface area contributed by atoms with Gasteiger partial charge in [0.15, 0.2) is 0 Å². The van der Waals surface area contributed by atoms with E-state index in [1.54, 1.807) is 11.8 Å². The average molecular weight is 862 g/mol. The molecule has 9 atom stereocenters. The molecule has 1 saturated heterocycles. The van der Waals surface area contributed by atoms with Crippen LogP contribution in [-0.4, -0.2) is 169 Å². The summed E-state index contributed by atoms with van der Waals surface area (Å²) in [6.45, 7) is 3.74. The van der Waals surface area contributed by atoms with E-state index in [-0.39, 0.29) is 43.5 Å². The van der Waals surface area contributed by atoms with Crippen molar-refractivity contribution in [2.24, 2.45) is 11.8 Å². The van der Waals surface area contributed by atoms with Crippen LogP contribution < -0.4 is 10.1 Å². The third kappa shape index (κ3) is 12.8. The smallest absolute Gasteiger partial charge is 0.408 e. The fraction of sp³-hybridized carbons (Fsp3) is 0.767. The molecule has 0 aromatic heterocycles. The third-order valence-electron chi connectivity index (χ3n) is 12.9. The number of unbranched alkanes of at least 4 members (excludes halogenated alkanes) is 3. The Morgan fingerprint density at radius 3 is 2.38 bits per heavy atom. The van der Waals surface area contributed by atoms with Crippen LogP contribution in [0.25, 0.3) is 0 Å². The van der Waals surface area contributed by atoms with Crippen molar-refractivity contribution >= 4 is 29.9 Å². The van der Waals surface area contributed by atoms with Gasteiger partial charge < -0.3 is 55.2 Å². The molecule has 6 rings (SSSR count). The molecule has 4 aliphatic carbocycles. The molecule has 1 aliphatic heterocycles. The highest BCUT2D eigenvalue weighted by Crippen LogP contribution is 2.63. The predicted molar refractivity (Wildman–Crippen MR) is 224 cm³/mol. The molecule has 0 radical (unpaired) electrons. The lowest BCUT2D eigenvalue weighted by atomic mass is 9.52. The normalized spacial score (nSPS) is 26.3. The van der Waals surface area contributed by atoms with Gasteiger partial charge in [-0.1, -0.05) is 38.3 Å². The number of carboxylic acid groups (broad SMARTS) is 1. The molecule has 4 unspecified atom stereocenters. The minimum absolute atomic E-state index is 0.101. The number of rotatable bonds is 25. The number of aliphatic hydroxyl groups is 5. The Morgan fingerprint density at radius 2 is 1.72 bits per heavy atom. The quantitative estimate of drug-likeness (QED) is 0.0701. The summed E-state index contributed by atoms with van der Waals surface area (Å²) in [4.78, 5) is 43.5. The molecule has 1 heterocycles. The van der Waals surface area contributed by atoms with E-state index in [1.165, 1.54) is 9.80 Å². The van der Waals surface area contributed by atoms with Crippen LogP contribution in [0.15, 0.2) is 24.3 Å². The molecule has 336 valence electrons. The number of amides is 3. The van der Waals surface area contributed by atoms with Crippen molar-refractivity contribution in [3.8, 4) is 11.8 Å². The maximum Gasteiger partial charge on any atom is 0.408 e. The standard InChI is InChI=1S/C43H67N5O11S/c1-2-3-4-5-14-46(26-35(50)38(53)39(54)36(51)28-49)16-12-30-8-10-34(11-9-30)58-17-13-45-40(55)59-18-19-60-43-23-31-20-32(24-43)22-42(21-31,29-43)48(41(56)57)27-37(52)47-15-6-7-33(47)25-44/h8-11,31-33,35-36,38-39,49-51,53-54H,2-7,12-24,26-29H2,1H3,(H,45,55)(H,56,57)/t31-,32?,33?,35-,36+,38+,39+,42?,43?/m0/s1. The Kier molecular flexibility index (Phi) is 18.0. The van der Waals surface area contributed by atoms with Crippen LogP contribution in [0.4, 0.5) is 9.59 Å². The lowest BCUT2D eigenvalue weighted by molar-refractivity contribution is -0.136. The molecule has 17 heteroatoms. The molecule has 4 bridgehead atoms. The van der Waals surface area contributed by atoms with E-state index in [1.807, 2.05) is 29.2 Å². The van der Waals surface area contributed by atoms with Gasteiger partial charge in [-0.25, -0.2) is 9.59 Å². The monoisotopic (exact) mass is 861 g/mol. The molecule has 0 spiro atoms. The van der Waals surface area contributed by atoms with E-state index >= 15 is 0 Å². The van der Waals surface area contributed by atoms with Crippen molar-refractivity contribution in [1.82, 2.24) is 20.0 Å². The number of hydrogen-bond acceptors (Lipinski definition) is 13. The Hall–Kier alpha value is -3.37. The maximum absolute atomic E-state index is 13.3. The second kappa shape index (κ2) is 22.6. The zero-order valence-corrected chi connectivity index (χ0v) is 35.9. The topological polar surface area (TPSA) is 237 Å². The first-order valence-corrected chi connectivity index (χ1v) is 22.8. The van der Waals surface area contributed by atoms with Crippen molar-refractivity contribution in [2.75, 3.05) is 64.8 Å². The number of nitrogens with one attached hydrogen (secondary N) is 1. The third-order valence-corrected chi connectivity index (χ3v) is 14.4. The molecule has 4 saturated carbocycles. The van der Waals surface area contributed by atoms with Crippen molar-refractivity contribution in [3.05, 3.63) is 29.8 Å². The molecule has 16 nitrogen and oxygen atoms in total. The van der Waals surface area contributed by atoms with E-state index in [2.05, 4.69) is 18.3 Å². The van der Waals surface area contributed by atoms with Crippen LogP contribution in [0.5, 0.6) is 5.75 Å². The van der Waals surface area contributed by atoms with Gasteiger partial charge in [0.25, 0.3) is 0 Å². The second-order valence-corrected chi connectivity index (χ2v) is 19.0. The Bertz CT molecular complexity index is 1570. The number of nitrogens with zero attached hydrogens (tertiary/aromatic N) is 4. The van der Waals surface area contributed by atoms with E-state index in [0.29, 0.717) is 62.2 Å². The van der Waals surface area contributed by atoms with Crippen molar-refractivity contribution in [2.45, 2.75) is 131 Å². The summed E-state index contributed by atoms with van der Waals surface area (Å²) in [6.07, 6.45) is 3.64. The number of thioether (sulfide) groups is 1. The summed E-state index contributed by atoms with van der Waals surface area (Å²) in [6, 6.07) is 9.28. The van der Waals surface area contributed by atoms with Gasteiger partial charge in [-0.15, -0.1) is 0 Å². The van der Waals surface area contributed by atoms with Gasteiger partial charge in [-0.3, -0.25) is 9.69 Å². The largest absolute Gasteiger partial charge is 0.492 e. The lowest BCUT2D eigenvalue weighted by Crippen LogP contribution is -2.66. The van der Waals surface area contributed by atoms with Gasteiger partial charge in [0, 0.05) is 35.7 Å². The minimum Gasteiger partial charge on any atom is -0.492 e. The number of carbonyl (C=O) groups excluding carboxylic acids is 2. The number of aliphatic hydroxyl groups excluding tert-OH is 5. The van der Waals surface area contributed by atoms with Crippen LogP contribution in [0.1, 0.15) is 89.5 Å².